The summed E-state index contributed by atoms with van der Waals surface area (Å²) in [6.07, 6.45) is 1.59. The van der Waals surface area contributed by atoms with Crippen LogP contribution < -0.4 is 10.2 Å². The lowest BCUT2D eigenvalue weighted by molar-refractivity contribution is 0.0959. The van der Waals surface area contributed by atoms with Crippen LogP contribution in [0, 0.1) is 6.92 Å². The molecule has 0 aliphatic heterocycles. The molecule has 0 bridgehead atoms. The summed E-state index contributed by atoms with van der Waals surface area (Å²) in [6, 6.07) is 23.4. The molecule has 0 saturated heterocycles. The van der Waals surface area contributed by atoms with Gasteiger partial charge in [-0.1, -0.05) is 54.1 Å². The number of hydrogen-bond donors (Lipinski definition) is 1. The van der Waals surface area contributed by atoms with Crippen LogP contribution in [0.4, 0.5) is 0 Å². The van der Waals surface area contributed by atoms with Crippen LogP contribution in [0.25, 0.3) is 10.1 Å². The highest BCUT2D eigenvalue weighted by molar-refractivity contribution is 7.21. The van der Waals surface area contributed by atoms with Crippen LogP contribution in [0.2, 0.25) is 5.02 Å². The summed E-state index contributed by atoms with van der Waals surface area (Å²) in [5.74, 6) is 0.449. The number of thiophene rings is 1. The van der Waals surface area contributed by atoms with Crippen LogP contribution in [0.5, 0.6) is 5.75 Å². The van der Waals surface area contributed by atoms with Gasteiger partial charge in [0.2, 0.25) is 0 Å². The average molecular weight is 435 g/mol. The number of ether oxygens (including phenoxy) is 1. The number of aryl methyl sites for hydroxylation is 1. The number of carbonyl (C=O) groups excluding carboxylic acids is 1. The van der Waals surface area contributed by atoms with E-state index in [1.54, 1.807) is 6.21 Å². The number of halogens is 1. The molecule has 0 spiro atoms. The quantitative estimate of drug-likeness (QED) is 0.290. The summed E-state index contributed by atoms with van der Waals surface area (Å²) in [4.78, 5) is 12.9. The van der Waals surface area contributed by atoms with Crippen molar-refractivity contribution in [3.63, 3.8) is 0 Å². The maximum atomic E-state index is 12.5. The third-order valence-electron chi connectivity index (χ3n) is 4.50. The first-order valence-electron chi connectivity index (χ1n) is 9.39. The second-order valence-electron chi connectivity index (χ2n) is 6.79. The van der Waals surface area contributed by atoms with Crippen LogP contribution in [0.3, 0.4) is 0 Å². The van der Waals surface area contributed by atoms with Gasteiger partial charge in [0.1, 0.15) is 17.2 Å². The number of carbonyl (C=O) groups is 1. The molecule has 0 radical (unpaired) electrons. The zero-order chi connectivity index (χ0) is 20.9. The Labute approximate surface area is 183 Å². The smallest absolute Gasteiger partial charge is 0.283 e. The summed E-state index contributed by atoms with van der Waals surface area (Å²) in [5, 5.41) is 5.40. The van der Waals surface area contributed by atoms with Gasteiger partial charge < -0.3 is 4.74 Å². The van der Waals surface area contributed by atoms with E-state index in [0.717, 1.165) is 32.5 Å². The minimum absolute atomic E-state index is 0.321. The fourth-order valence-electron chi connectivity index (χ4n) is 2.93. The fraction of sp³-hybridized carbons (Fsp3) is 0.0833. The number of benzene rings is 3. The monoisotopic (exact) mass is 434 g/mol. The Morgan fingerprint density at radius 1 is 1.10 bits per heavy atom. The molecule has 4 rings (SSSR count). The Balaban J connectivity index is 1.36. The van der Waals surface area contributed by atoms with Crippen LogP contribution in [0.1, 0.15) is 26.4 Å². The molecule has 150 valence electrons. The average Bonchev–Trinajstić information content (AvgIpc) is 3.09. The Morgan fingerprint density at radius 2 is 1.87 bits per heavy atom. The lowest BCUT2D eigenvalue weighted by atomic mass is 10.2. The van der Waals surface area contributed by atoms with E-state index in [1.165, 1.54) is 11.3 Å². The molecule has 3 aromatic carbocycles. The number of rotatable bonds is 6. The third-order valence-corrected chi connectivity index (χ3v) is 6.16. The summed E-state index contributed by atoms with van der Waals surface area (Å²) < 4.78 is 6.76. The van der Waals surface area contributed by atoms with Crippen molar-refractivity contribution in [1.29, 1.82) is 0 Å². The van der Waals surface area contributed by atoms with Gasteiger partial charge in [-0.25, -0.2) is 5.43 Å². The van der Waals surface area contributed by atoms with Gasteiger partial charge in [0.15, 0.2) is 0 Å². The van der Waals surface area contributed by atoms with Crippen molar-refractivity contribution in [1.82, 2.24) is 5.43 Å². The van der Waals surface area contributed by atoms with Gasteiger partial charge in [-0.2, -0.15) is 5.10 Å². The van der Waals surface area contributed by atoms with E-state index in [4.69, 9.17) is 16.3 Å². The maximum absolute atomic E-state index is 12.5. The summed E-state index contributed by atoms with van der Waals surface area (Å²) in [5.41, 5.74) is 5.64. The Hall–Kier alpha value is -3.15. The van der Waals surface area contributed by atoms with Gasteiger partial charge in [-0.05, 0) is 53.9 Å². The molecule has 0 unspecified atom stereocenters. The van der Waals surface area contributed by atoms with Gasteiger partial charge in [-0.15, -0.1) is 11.3 Å². The molecule has 0 fully saturated rings. The number of nitrogens with one attached hydrogen (secondary N) is 1. The Kier molecular flexibility index (Phi) is 6.12. The molecule has 0 saturated carbocycles. The van der Waals surface area contributed by atoms with Gasteiger partial charge >= 0.3 is 0 Å². The van der Waals surface area contributed by atoms with Crippen molar-refractivity contribution in [2.45, 2.75) is 13.5 Å². The summed E-state index contributed by atoms with van der Waals surface area (Å²) >= 11 is 7.74. The molecule has 0 aliphatic rings. The molecule has 4 nitrogen and oxygen atoms in total. The number of hydrogen-bond acceptors (Lipinski definition) is 4. The predicted octanol–water partition coefficient (Wildman–Crippen LogP) is 6.21. The minimum Gasteiger partial charge on any atom is -0.489 e. The van der Waals surface area contributed by atoms with E-state index in [9.17, 15) is 4.79 Å². The molecule has 6 heteroatoms. The molecule has 0 aliphatic carbocycles. The number of amides is 1. The van der Waals surface area contributed by atoms with Crippen LogP contribution >= 0.6 is 22.9 Å². The molecule has 0 atom stereocenters. The molecule has 30 heavy (non-hydrogen) atoms. The van der Waals surface area contributed by atoms with Gasteiger partial charge in [-0.3, -0.25) is 4.79 Å². The maximum Gasteiger partial charge on any atom is 0.283 e. The van der Waals surface area contributed by atoms with Crippen molar-refractivity contribution in [2.75, 3.05) is 0 Å². The first-order valence-corrected chi connectivity index (χ1v) is 10.6. The Bertz CT molecular complexity index is 1200. The van der Waals surface area contributed by atoms with E-state index < -0.39 is 0 Å². The molecular weight excluding hydrogens is 416 g/mol. The third kappa shape index (κ3) is 4.70. The van der Waals surface area contributed by atoms with Crippen LogP contribution in [0.15, 0.2) is 77.9 Å². The number of hydrazone groups is 1. The minimum atomic E-state index is -0.321. The topological polar surface area (TPSA) is 50.7 Å². The molecule has 1 N–H and O–H groups in total. The van der Waals surface area contributed by atoms with Crippen molar-refractivity contribution in [2.24, 2.45) is 5.10 Å². The van der Waals surface area contributed by atoms with Crippen molar-refractivity contribution in [3.8, 4) is 5.75 Å². The highest BCUT2D eigenvalue weighted by atomic mass is 35.5. The van der Waals surface area contributed by atoms with E-state index in [-0.39, 0.29) is 5.91 Å². The highest BCUT2D eigenvalue weighted by Crippen LogP contribution is 2.35. The second kappa shape index (κ2) is 9.11. The van der Waals surface area contributed by atoms with E-state index >= 15 is 0 Å². The van der Waals surface area contributed by atoms with Crippen LogP contribution in [-0.2, 0) is 6.61 Å². The van der Waals surface area contributed by atoms with E-state index in [1.807, 2.05) is 79.7 Å². The molecule has 1 amide bonds. The predicted molar refractivity (Wildman–Crippen MR) is 124 cm³/mol. The van der Waals surface area contributed by atoms with E-state index in [2.05, 4.69) is 10.5 Å². The lowest BCUT2D eigenvalue weighted by Crippen LogP contribution is -2.16. The number of fused-ring (bicyclic) bond motifs is 1. The van der Waals surface area contributed by atoms with Crippen molar-refractivity contribution >= 4 is 45.1 Å². The summed E-state index contributed by atoms with van der Waals surface area (Å²) in [7, 11) is 0. The second-order valence-corrected chi connectivity index (χ2v) is 8.22. The number of nitrogens with zero attached hydrogens (tertiary/aromatic N) is 1. The molecular formula is C24H19ClN2O2S. The molecule has 1 heterocycles. The van der Waals surface area contributed by atoms with Gasteiger partial charge in [0.05, 0.1) is 11.2 Å². The van der Waals surface area contributed by atoms with Gasteiger partial charge in [0, 0.05) is 10.1 Å². The van der Waals surface area contributed by atoms with Crippen molar-refractivity contribution < 1.29 is 9.53 Å². The zero-order valence-corrected chi connectivity index (χ0v) is 17.8. The fourth-order valence-corrected chi connectivity index (χ4v) is 4.43. The standard InChI is InChI=1S/C24H19ClN2O2S/c1-16-7-12-20-21(13-16)30-23(22(20)25)24(28)27-26-14-17-8-10-19(11-9-17)29-15-18-5-3-2-4-6-18/h2-14H,15H2,1H3,(H,27,28)/b26-14+. The largest absolute Gasteiger partial charge is 0.489 e. The zero-order valence-electron chi connectivity index (χ0n) is 16.3. The van der Waals surface area contributed by atoms with Gasteiger partial charge in [0.25, 0.3) is 5.91 Å². The van der Waals surface area contributed by atoms with E-state index in [0.29, 0.717) is 16.5 Å². The normalized spacial score (nSPS) is 11.1. The van der Waals surface area contributed by atoms with Crippen LogP contribution in [-0.4, -0.2) is 12.1 Å². The molecule has 1 aromatic heterocycles. The Morgan fingerprint density at radius 3 is 2.63 bits per heavy atom. The SMILES string of the molecule is Cc1ccc2c(Cl)c(C(=O)N/N=C/c3ccc(OCc4ccccc4)cc3)sc2c1. The first kappa shape index (κ1) is 20.1. The highest BCUT2D eigenvalue weighted by Gasteiger charge is 2.16. The van der Waals surface area contributed by atoms with Crippen molar-refractivity contribution in [3.05, 3.63) is 99.4 Å². The molecule has 4 aromatic rings. The first-order chi connectivity index (χ1) is 14.6. The lowest BCUT2D eigenvalue weighted by Gasteiger charge is -2.06. The summed E-state index contributed by atoms with van der Waals surface area (Å²) in [6.45, 7) is 2.52.